The highest BCUT2D eigenvalue weighted by atomic mass is 35.5. The van der Waals surface area contributed by atoms with Gasteiger partial charge in [0.15, 0.2) is 0 Å². The Kier molecular flexibility index (Phi) is 7.82. The molecule has 1 atom stereocenters. The molecule has 1 unspecified atom stereocenters. The molecule has 0 radical (unpaired) electrons. The Morgan fingerprint density at radius 1 is 1.27 bits per heavy atom. The van der Waals surface area contributed by atoms with Gasteiger partial charge in [-0.3, -0.25) is 9.00 Å². The molecule has 0 aliphatic heterocycles. The fraction of sp³-hybridized carbons (Fsp3) is 0.435. The van der Waals surface area contributed by atoms with Gasteiger partial charge >= 0.3 is 5.97 Å². The largest absolute Gasteiger partial charge is 0.495 e. The van der Waals surface area contributed by atoms with Crippen LogP contribution in [0.1, 0.15) is 41.6 Å². The molecular formula is C23H26ClN3O4S2. The lowest BCUT2D eigenvalue weighted by atomic mass is 9.97. The number of nitrogens with zero attached hydrogens (tertiary/aromatic N) is 2. The van der Waals surface area contributed by atoms with E-state index in [0.717, 1.165) is 40.9 Å². The molecule has 0 bridgehead atoms. The lowest BCUT2D eigenvalue weighted by molar-refractivity contribution is -0.139. The van der Waals surface area contributed by atoms with Gasteiger partial charge in [0.25, 0.3) is 0 Å². The Hall–Kier alpha value is -2.23. The van der Waals surface area contributed by atoms with Crippen LogP contribution in [0.2, 0.25) is 5.02 Å². The average Bonchev–Trinajstić information content (AvgIpc) is 3.16. The molecule has 4 rings (SSSR count). The van der Waals surface area contributed by atoms with Crippen molar-refractivity contribution in [1.82, 2.24) is 9.97 Å². The Labute approximate surface area is 204 Å². The molecule has 7 nitrogen and oxygen atoms in total. The molecule has 1 aliphatic carbocycles. The highest BCUT2D eigenvalue weighted by Crippen LogP contribution is 2.39. The summed E-state index contributed by atoms with van der Waals surface area (Å²) in [6.07, 6.45) is 4.39. The number of ether oxygens (including phenoxy) is 2. The van der Waals surface area contributed by atoms with Crippen molar-refractivity contribution in [2.24, 2.45) is 0 Å². The molecule has 0 amide bonds. The summed E-state index contributed by atoms with van der Waals surface area (Å²) in [6.45, 7) is 2.51. The molecule has 2 aromatic heterocycles. The van der Waals surface area contributed by atoms with E-state index in [1.165, 1.54) is 16.9 Å². The maximum atomic E-state index is 12.5. The highest BCUT2D eigenvalue weighted by Gasteiger charge is 2.22. The van der Waals surface area contributed by atoms with Crippen LogP contribution in [-0.2, 0) is 45.5 Å². The van der Waals surface area contributed by atoms with Crippen LogP contribution in [0.25, 0.3) is 10.2 Å². The van der Waals surface area contributed by atoms with Crippen molar-refractivity contribution >= 4 is 55.7 Å². The van der Waals surface area contributed by atoms with Gasteiger partial charge in [-0.25, -0.2) is 9.97 Å². The van der Waals surface area contributed by atoms with Gasteiger partial charge in [0.05, 0.1) is 29.9 Å². The van der Waals surface area contributed by atoms with Crippen LogP contribution in [0.15, 0.2) is 18.2 Å². The van der Waals surface area contributed by atoms with E-state index < -0.39 is 16.8 Å². The van der Waals surface area contributed by atoms with Crippen LogP contribution in [0.4, 0.5) is 5.82 Å². The summed E-state index contributed by atoms with van der Waals surface area (Å²) in [5, 5.41) is 5.04. The number of anilines is 1. The van der Waals surface area contributed by atoms with Crippen molar-refractivity contribution in [1.29, 1.82) is 0 Å². The number of hydrogen-bond donors (Lipinski definition) is 1. The van der Waals surface area contributed by atoms with Crippen LogP contribution < -0.4 is 10.1 Å². The van der Waals surface area contributed by atoms with Crippen molar-refractivity contribution in [3.8, 4) is 5.75 Å². The molecule has 2 heterocycles. The fourth-order valence-corrected chi connectivity index (χ4v) is 6.35. The quantitative estimate of drug-likeness (QED) is 0.421. The smallest absolute Gasteiger partial charge is 0.318 e. The minimum Gasteiger partial charge on any atom is -0.495 e. The molecule has 0 spiro atoms. The second kappa shape index (κ2) is 10.8. The summed E-state index contributed by atoms with van der Waals surface area (Å²) in [6, 6.07) is 5.66. The topological polar surface area (TPSA) is 90.4 Å². The third kappa shape index (κ3) is 5.65. The molecule has 1 aliphatic rings. The summed E-state index contributed by atoms with van der Waals surface area (Å²) in [5.41, 5.74) is 2.31. The Balaban J connectivity index is 1.62. The number of fused-ring (bicyclic) bond motifs is 3. The maximum Gasteiger partial charge on any atom is 0.318 e. The number of halogens is 1. The van der Waals surface area contributed by atoms with E-state index in [4.69, 9.17) is 31.0 Å². The van der Waals surface area contributed by atoms with E-state index in [1.54, 1.807) is 25.4 Å². The van der Waals surface area contributed by atoms with Gasteiger partial charge in [0.2, 0.25) is 0 Å². The monoisotopic (exact) mass is 507 g/mol. The number of methoxy groups -OCH3 is 1. The third-order valence-corrected chi connectivity index (χ3v) is 8.03. The molecule has 10 heteroatoms. The summed E-state index contributed by atoms with van der Waals surface area (Å²) in [5.74, 6) is 1.28. The number of aromatic nitrogens is 2. The Morgan fingerprint density at radius 2 is 2.09 bits per heavy atom. The lowest BCUT2D eigenvalue weighted by Crippen LogP contribution is -2.16. The van der Waals surface area contributed by atoms with E-state index in [2.05, 4.69) is 5.32 Å². The number of thiophene rings is 1. The minimum absolute atomic E-state index is 0.0976. The molecule has 0 fully saturated rings. The second-order valence-corrected chi connectivity index (χ2v) is 10.7. The standard InChI is InChI=1S/C23H26ClN3O4S2/c1-3-31-20(28)13-33(29)12-19-26-22(25-11-14-8-9-17(30-2)16(24)10-14)21-15-6-4-5-7-18(15)32-23(21)27-19/h8-10H,3-7,11-13H2,1-2H3,(H,25,26,27). The van der Waals surface area contributed by atoms with Gasteiger partial charge in [-0.05, 0) is 55.9 Å². The molecule has 176 valence electrons. The molecule has 1 aromatic carbocycles. The van der Waals surface area contributed by atoms with Gasteiger partial charge in [0.1, 0.15) is 28.0 Å². The van der Waals surface area contributed by atoms with E-state index in [9.17, 15) is 9.00 Å². The predicted molar refractivity (Wildman–Crippen MR) is 133 cm³/mol. The number of esters is 1. The predicted octanol–water partition coefficient (Wildman–Crippen LogP) is 4.66. The third-order valence-electron chi connectivity index (χ3n) is 5.41. The fourth-order valence-electron chi connectivity index (χ4n) is 3.93. The summed E-state index contributed by atoms with van der Waals surface area (Å²) < 4.78 is 22.6. The molecule has 0 saturated heterocycles. The number of aryl methyl sites for hydroxylation is 2. The number of nitrogens with one attached hydrogen (secondary N) is 1. The number of rotatable bonds is 9. The van der Waals surface area contributed by atoms with Crippen LogP contribution in [0, 0.1) is 0 Å². The van der Waals surface area contributed by atoms with Crippen molar-refractivity contribution in [2.75, 3.05) is 24.8 Å². The SMILES string of the molecule is CCOC(=O)CS(=O)Cc1nc(NCc2ccc(OC)c(Cl)c2)c2c3c(sc2n1)CCCC3. The number of carbonyl (C=O) groups excluding carboxylic acids is 1. The van der Waals surface area contributed by atoms with Gasteiger partial charge in [-0.15, -0.1) is 11.3 Å². The van der Waals surface area contributed by atoms with Crippen molar-refractivity contribution in [3.05, 3.63) is 45.1 Å². The highest BCUT2D eigenvalue weighted by molar-refractivity contribution is 7.84. The van der Waals surface area contributed by atoms with Crippen LogP contribution in [0.3, 0.4) is 0 Å². The summed E-state index contributed by atoms with van der Waals surface area (Å²) >= 11 is 7.97. The van der Waals surface area contributed by atoms with Crippen molar-refractivity contribution in [2.45, 2.75) is 44.9 Å². The number of carbonyl (C=O) groups is 1. The van der Waals surface area contributed by atoms with Crippen LogP contribution >= 0.6 is 22.9 Å². The minimum atomic E-state index is -1.44. The van der Waals surface area contributed by atoms with E-state index in [0.29, 0.717) is 23.1 Å². The van der Waals surface area contributed by atoms with Crippen LogP contribution in [0.5, 0.6) is 5.75 Å². The van der Waals surface area contributed by atoms with Gasteiger partial charge in [-0.1, -0.05) is 17.7 Å². The first kappa shape index (κ1) is 23.9. The summed E-state index contributed by atoms with van der Waals surface area (Å²) in [7, 11) is 0.143. The molecule has 33 heavy (non-hydrogen) atoms. The molecular weight excluding hydrogens is 482 g/mol. The first-order valence-electron chi connectivity index (χ1n) is 10.9. The normalized spacial score (nSPS) is 14.0. The van der Waals surface area contributed by atoms with Gasteiger partial charge < -0.3 is 14.8 Å². The lowest BCUT2D eigenvalue weighted by Gasteiger charge is -2.14. The Morgan fingerprint density at radius 3 is 2.85 bits per heavy atom. The molecule has 3 aromatic rings. The van der Waals surface area contributed by atoms with E-state index >= 15 is 0 Å². The van der Waals surface area contributed by atoms with Gasteiger partial charge in [0, 0.05) is 22.2 Å². The van der Waals surface area contributed by atoms with E-state index in [-0.39, 0.29) is 18.1 Å². The zero-order chi connectivity index (χ0) is 23.4. The van der Waals surface area contributed by atoms with Crippen LogP contribution in [-0.4, -0.2) is 39.6 Å². The Bertz CT molecular complexity index is 1200. The van der Waals surface area contributed by atoms with E-state index in [1.807, 2.05) is 18.2 Å². The number of hydrogen-bond acceptors (Lipinski definition) is 8. The first-order chi connectivity index (χ1) is 16.0. The maximum absolute atomic E-state index is 12.5. The molecule has 1 N–H and O–H groups in total. The second-order valence-electron chi connectivity index (χ2n) is 7.74. The zero-order valence-corrected chi connectivity index (χ0v) is 21.0. The summed E-state index contributed by atoms with van der Waals surface area (Å²) in [4.78, 5) is 23.4. The van der Waals surface area contributed by atoms with Crippen molar-refractivity contribution in [3.63, 3.8) is 0 Å². The van der Waals surface area contributed by atoms with Crippen molar-refractivity contribution < 1.29 is 18.5 Å². The average molecular weight is 508 g/mol. The molecule has 0 saturated carbocycles. The zero-order valence-electron chi connectivity index (χ0n) is 18.6. The number of benzene rings is 1. The first-order valence-corrected chi connectivity index (χ1v) is 13.5. The van der Waals surface area contributed by atoms with Gasteiger partial charge in [-0.2, -0.15) is 0 Å².